The number of carbonyl (C=O) groups excluding carboxylic acids is 1. The first kappa shape index (κ1) is 17.0. The number of thioether (sulfide) groups is 1. The van der Waals surface area contributed by atoms with Crippen molar-refractivity contribution in [2.45, 2.75) is 5.16 Å². The minimum Gasteiger partial charge on any atom is -0.325 e. The Morgan fingerprint density at radius 1 is 1.28 bits per heavy atom. The minimum absolute atomic E-state index is 0.130. The van der Waals surface area contributed by atoms with Crippen LogP contribution in [0.25, 0.3) is 5.69 Å². The molecule has 1 amide bonds. The molecule has 25 heavy (non-hydrogen) atoms. The molecule has 3 rings (SSSR count). The van der Waals surface area contributed by atoms with E-state index >= 15 is 0 Å². The van der Waals surface area contributed by atoms with Gasteiger partial charge in [-0.2, -0.15) is 9.94 Å². The molecule has 0 atom stereocenters. The molecule has 0 unspecified atom stereocenters. The van der Waals surface area contributed by atoms with E-state index in [9.17, 15) is 4.79 Å². The number of nitrogens with zero attached hydrogens (tertiary/aromatic N) is 5. The quantitative estimate of drug-likeness (QED) is 0.693. The second-order valence-electron chi connectivity index (χ2n) is 4.85. The van der Waals surface area contributed by atoms with Crippen molar-refractivity contribution in [1.29, 1.82) is 5.26 Å². The lowest BCUT2D eigenvalue weighted by Crippen LogP contribution is -2.14. The van der Waals surface area contributed by atoms with Crippen molar-refractivity contribution in [2.75, 3.05) is 11.1 Å². The maximum Gasteiger partial charge on any atom is 0.234 e. The summed E-state index contributed by atoms with van der Waals surface area (Å²) < 4.78 is 1.57. The minimum atomic E-state index is -0.228. The molecule has 1 aromatic heterocycles. The molecule has 2 aromatic carbocycles. The summed E-state index contributed by atoms with van der Waals surface area (Å²) in [6, 6.07) is 16.1. The fourth-order valence-corrected chi connectivity index (χ4v) is 2.92. The highest BCUT2D eigenvalue weighted by molar-refractivity contribution is 7.99. The van der Waals surface area contributed by atoms with Gasteiger partial charge in [-0.25, -0.2) is 0 Å². The molecule has 9 heteroatoms. The number of nitrogens with one attached hydrogen (secondary N) is 1. The number of para-hydroxylation sites is 1. The Labute approximate surface area is 152 Å². The summed E-state index contributed by atoms with van der Waals surface area (Å²) in [7, 11) is 0. The fourth-order valence-electron chi connectivity index (χ4n) is 2.01. The van der Waals surface area contributed by atoms with Crippen LogP contribution in [-0.2, 0) is 4.79 Å². The van der Waals surface area contributed by atoms with Crippen molar-refractivity contribution in [3.05, 3.63) is 59.1 Å². The van der Waals surface area contributed by atoms with Crippen LogP contribution in [0.3, 0.4) is 0 Å². The monoisotopic (exact) mass is 370 g/mol. The van der Waals surface area contributed by atoms with Gasteiger partial charge in [0.2, 0.25) is 11.1 Å². The third-order valence-corrected chi connectivity index (χ3v) is 4.38. The molecule has 0 aliphatic heterocycles. The van der Waals surface area contributed by atoms with Gasteiger partial charge >= 0.3 is 0 Å². The Morgan fingerprint density at radius 2 is 2.08 bits per heavy atom. The number of nitriles is 1. The molecule has 0 aliphatic carbocycles. The molecule has 0 spiro atoms. The van der Waals surface area contributed by atoms with Crippen LogP contribution in [0.2, 0.25) is 5.02 Å². The van der Waals surface area contributed by atoms with Gasteiger partial charge < -0.3 is 5.32 Å². The molecule has 0 bridgehead atoms. The molecule has 1 N–H and O–H groups in total. The van der Waals surface area contributed by atoms with Crippen LogP contribution in [0.5, 0.6) is 0 Å². The molecule has 124 valence electrons. The average molecular weight is 371 g/mol. The first-order chi connectivity index (χ1) is 12.2. The molecule has 7 nitrogen and oxygen atoms in total. The number of hydrogen-bond donors (Lipinski definition) is 1. The van der Waals surface area contributed by atoms with E-state index in [4.69, 9.17) is 16.9 Å². The molecule has 0 saturated heterocycles. The molecule has 0 radical (unpaired) electrons. The van der Waals surface area contributed by atoms with Gasteiger partial charge in [-0.15, -0.1) is 5.10 Å². The van der Waals surface area contributed by atoms with E-state index in [1.54, 1.807) is 16.8 Å². The van der Waals surface area contributed by atoms with E-state index in [-0.39, 0.29) is 11.7 Å². The number of hydrogen-bond acceptors (Lipinski definition) is 6. The number of benzene rings is 2. The second kappa shape index (κ2) is 7.79. The van der Waals surface area contributed by atoms with Gasteiger partial charge in [-0.1, -0.05) is 41.6 Å². The number of halogens is 1. The van der Waals surface area contributed by atoms with E-state index in [1.807, 2.05) is 36.4 Å². The van der Waals surface area contributed by atoms with Gasteiger partial charge in [0.1, 0.15) is 6.07 Å². The highest BCUT2D eigenvalue weighted by Crippen LogP contribution is 2.21. The summed E-state index contributed by atoms with van der Waals surface area (Å²) in [5.74, 6) is -0.0986. The average Bonchev–Trinajstić information content (AvgIpc) is 3.09. The number of amides is 1. The molecular weight excluding hydrogens is 360 g/mol. The third-order valence-electron chi connectivity index (χ3n) is 3.15. The first-order valence-corrected chi connectivity index (χ1v) is 8.50. The van der Waals surface area contributed by atoms with Crippen LogP contribution >= 0.6 is 23.4 Å². The topological polar surface area (TPSA) is 96.5 Å². The van der Waals surface area contributed by atoms with Crippen molar-refractivity contribution >= 4 is 35.0 Å². The van der Waals surface area contributed by atoms with Gasteiger partial charge in [0.15, 0.2) is 0 Å². The van der Waals surface area contributed by atoms with Crippen LogP contribution in [0, 0.1) is 11.3 Å². The van der Waals surface area contributed by atoms with Gasteiger partial charge in [-0.3, -0.25) is 4.79 Å². The van der Waals surface area contributed by atoms with Crippen molar-refractivity contribution in [3.8, 4) is 11.8 Å². The Kier molecular flexibility index (Phi) is 5.28. The molecule has 1 heterocycles. The van der Waals surface area contributed by atoms with Crippen LogP contribution in [-0.4, -0.2) is 31.9 Å². The van der Waals surface area contributed by atoms with Gasteiger partial charge in [0.25, 0.3) is 0 Å². The lowest BCUT2D eigenvalue weighted by Gasteiger charge is -2.06. The van der Waals surface area contributed by atoms with Crippen LogP contribution in [0.4, 0.5) is 5.69 Å². The van der Waals surface area contributed by atoms with E-state index in [0.717, 1.165) is 5.69 Å². The van der Waals surface area contributed by atoms with Crippen molar-refractivity contribution in [3.63, 3.8) is 0 Å². The number of carbonyl (C=O) groups is 1. The number of rotatable bonds is 5. The van der Waals surface area contributed by atoms with Crippen molar-refractivity contribution in [2.24, 2.45) is 0 Å². The maximum atomic E-state index is 12.1. The summed E-state index contributed by atoms with van der Waals surface area (Å²) in [6.07, 6.45) is 0. The Bertz CT molecular complexity index is 937. The highest BCUT2D eigenvalue weighted by atomic mass is 35.5. The number of tetrazole rings is 1. The lowest BCUT2D eigenvalue weighted by atomic mass is 10.2. The largest absolute Gasteiger partial charge is 0.325 e. The van der Waals surface area contributed by atoms with Crippen LogP contribution in [0.1, 0.15) is 5.56 Å². The standard InChI is InChI=1S/C16H11ClN6OS/c17-14-8-12(7-6-11(14)9-18)19-15(24)10-25-16-20-21-22-23(16)13-4-2-1-3-5-13/h1-8H,10H2,(H,19,24). The van der Waals surface area contributed by atoms with Gasteiger partial charge in [-0.05, 0) is 40.8 Å². The van der Waals surface area contributed by atoms with Crippen molar-refractivity contribution < 1.29 is 4.79 Å². The molecule has 0 saturated carbocycles. The zero-order valence-electron chi connectivity index (χ0n) is 12.8. The molecule has 3 aromatic rings. The smallest absolute Gasteiger partial charge is 0.234 e. The second-order valence-corrected chi connectivity index (χ2v) is 6.20. The zero-order valence-corrected chi connectivity index (χ0v) is 14.3. The van der Waals surface area contributed by atoms with Crippen molar-refractivity contribution in [1.82, 2.24) is 20.2 Å². The Balaban J connectivity index is 1.63. The first-order valence-electron chi connectivity index (χ1n) is 7.13. The zero-order chi connectivity index (χ0) is 17.6. The van der Waals surface area contributed by atoms with Crippen LogP contribution in [0.15, 0.2) is 53.7 Å². The predicted molar refractivity (Wildman–Crippen MR) is 94.7 cm³/mol. The van der Waals surface area contributed by atoms with E-state index < -0.39 is 0 Å². The van der Waals surface area contributed by atoms with Crippen LogP contribution < -0.4 is 5.32 Å². The SMILES string of the molecule is N#Cc1ccc(NC(=O)CSc2nnnn2-c2ccccc2)cc1Cl. The Morgan fingerprint density at radius 3 is 2.80 bits per heavy atom. The summed E-state index contributed by atoms with van der Waals surface area (Å²) in [5.41, 5.74) is 1.70. The fraction of sp³-hybridized carbons (Fsp3) is 0.0625. The highest BCUT2D eigenvalue weighted by Gasteiger charge is 2.12. The van der Waals surface area contributed by atoms with E-state index in [0.29, 0.717) is 21.4 Å². The normalized spacial score (nSPS) is 10.2. The predicted octanol–water partition coefficient (Wildman–Crippen LogP) is 2.92. The van der Waals surface area contributed by atoms with Gasteiger partial charge in [0, 0.05) is 5.69 Å². The maximum absolute atomic E-state index is 12.1. The number of anilines is 1. The van der Waals surface area contributed by atoms with E-state index in [2.05, 4.69) is 20.8 Å². The summed E-state index contributed by atoms with van der Waals surface area (Å²) in [6.45, 7) is 0. The lowest BCUT2D eigenvalue weighted by molar-refractivity contribution is -0.113. The van der Waals surface area contributed by atoms with Gasteiger partial charge in [0.05, 0.1) is 22.0 Å². The summed E-state index contributed by atoms with van der Waals surface area (Å²) in [4.78, 5) is 12.1. The summed E-state index contributed by atoms with van der Waals surface area (Å²) >= 11 is 7.17. The number of aromatic nitrogens is 4. The Hall–Kier alpha value is -2.89. The third kappa shape index (κ3) is 4.15. The molecular formula is C16H11ClN6OS. The van der Waals surface area contributed by atoms with E-state index in [1.165, 1.54) is 17.8 Å². The molecule has 0 aliphatic rings. The molecule has 0 fully saturated rings. The summed E-state index contributed by atoms with van der Waals surface area (Å²) in [5, 5.41) is 23.9.